The van der Waals surface area contributed by atoms with Gasteiger partial charge in [0.2, 0.25) is 11.9 Å². The lowest BCUT2D eigenvalue weighted by atomic mass is 10.1. The van der Waals surface area contributed by atoms with Crippen LogP contribution in [0.5, 0.6) is 0 Å². The van der Waals surface area contributed by atoms with E-state index in [4.69, 9.17) is 0 Å². The highest BCUT2D eigenvalue weighted by atomic mass is 32.2. The molecular formula is C24H28N6O2S. The van der Waals surface area contributed by atoms with E-state index in [1.165, 1.54) is 0 Å². The lowest BCUT2D eigenvalue weighted by molar-refractivity contribution is -0.115. The number of rotatable bonds is 7. The highest BCUT2D eigenvalue weighted by Crippen LogP contribution is 2.32. The van der Waals surface area contributed by atoms with Crippen LogP contribution in [0.15, 0.2) is 59.6 Å². The number of likely N-dealkylation sites (N-methyl/N-ethyl adjacent to an activating group) is 1. The van der Waals surface area contributed by atoms with Gasteiger partial charge in [0.1, 0.15) is 0 Å². The largest absolute Gasteiger partial charge is 0.325 e. The molecule has 2 atom stereocenters. The number of amides is 1. The lowest BCUT2D eigenvalue weighted by Gasteiger charge is -2.21. The predicted octanol–water partition coefficient (Wildman–Crippen LogP) is 2.91. The fourth-order valence-electron chi connectivity index (χ4n) is 3.86. The maximum Gasteiger partial charge on any atom is 0.228 e. The Kier molecular flexibility index (Phi) is 6.46. The first-order valence-corrected chi connectivity index (χ1v) is 12.4. The van der Waals surface area contributed by atoms with Gasteiger partial charge < -0.3 is 15.5 Å². The van der Waals surface area contributed by atoms with Crippen LogP contribution in [0.2, 0.25) is 0 Å². The van der Waals surface area contributed by atoms with Gasteiger partial charge in [0.15, 0.2) is 0 Å². The molecule has 2 heterocycles. The summed E-state index contributed by atoms with van der Waals surface area (Å²) in [5.74, 6) is 4.23. The van der Waals surface area contributed by atoms with Crippen molar-refractivity contribution in [2.45, 2.75) is 24.3 Å². The SMILES string of the molecule is C=S(=O)(NC(C)CN(C)C)c1ccc(Nc2ncc3c(n2)-c2ccccc2NC(=O)C3)cc1. The molecule has 1 amide bonds. The summed E-state index contributed by atoms with van der Waals surface area (Å²) >= 11 is 0. The standard InChI is InChI=1S/C24H28N6O2S/c1-16(15-30(2)3)29-33(4,32)19-11-9-18(10-12-19)26-24-25-14-17-13-22(31)27-21-8-6-5-7-20(21)23(17)28-24/h5-12,14,16H,4,13,15H2,1-3H3,(H,27,31)(H,29,32)(H,25,26,28). The third kappa shape index (κ3) is 5.39. The molecule has 172 valence electrons. The Morgan fingerprint density at radius 3 is 2.64 bits per heavy atom. The second kappa shape index (κ2) is 9.30. The van der Waals surface area contributed by atoms with Crippen LogP contribution < -0.4 is 15.4 Å². The molecule has 1 aliphatic heterocycles. The van der Waals surface area contributed by atoms with Gasteiger partial charge in [-0.15, -0.1) is 0 Å². The quantitative estimate of drug-likeness (QED) is 0.465. The van der Waals surface area contributed by atoms with Gasteiger partial charge in [0.05, 0.1) is 27.5 Å². The Balaban J connectivity index is 1.54. The minimum Gasteiger partial charge on any atom is -0.325 e. The van der Waals surface area contributed by atoms with Gasteiger partial charge >= 0.3 is 0 Å². The molecule has 0 fully saturated rings. The summed E-state index contributed by atoms with van der Waals surface area (Å²) in [6, 6.07) is 14.8. The molecular weight excluding hydrogens is 436 g/mol. The van der Waals surface area contributed by atoms with Crippen LogP contribution in [-0.4, -0.2) is 57.5 Å². The van der Waals surface area contributed by atoms with Crippen molar-refractivity contribution in [3.8, 4) is 11.3 Å². The van der Waals surface area contributed by atoms with Gasteiger partial charge in [-0.2, -0.15) is 0 Å². The molecule has 33 heavy (non-hydrogen) atoms. The summed E-state index contributed by atoms with van der Waals surface area (Å²) in [7, 11) is 1.32. The number of carbonyl (C=O) groups is 1. The van der Waals surface area contributed by atoms with E-state index in [1.807, 2.05) is 62.3 Å². The smallest absolute Gasteiger partial charge is 0.228 e. The molecule has 4 rings (SSSR count). The van der Waals surface area contributed by atoms with Crippen molar-refractivity contribution in [1.82, 2.24) is 19.6 Å². The zero-order chi connectivity index (χ0) is 23.6. The van der Waals surface area contributed by atoms with Crippen molar-refractivity contribution in [3.05, 3.63) is 60.3 Å². The Labute approximate surface area is 194 Å². The highest BCUT2D eigenvalue weighted by Gasteiger charge is 2.20. The van der Waals surface area contributed by atoms with Gasteiger partial charge in [0.25, 0.3) is 0 Å². The Hall–Kier alpha value is -3.27. The number of benzene rings is 2. The first kappa shape index (κ1) is 22.9. The van der Waals surface area contributed by atoms with Crippen molar-refractivity contribution in [2.75, 3.05) is 31.3 Å². The van der Waals surface area contributed by atoms with Gasteiger partial charge in [0, 0.05) is 40.5 Å². The van der Waals surface area contributed by atoms with Crippen LogP contribution in [-0.2, 0) is 20.9 Å². The highest BCUT2D eigenvalue weighted by molar-refractivity contribution is 7.98. The lowest BCUT2D eigenvalue weighted by Crippen LogP contribution is -2.39. The minimum absolute atomic E-state index is 0.0278. The van der Waals surface area contributed by atoms with Crippen LogP contribution in [0.4, 0.5) is 17.3 Å². The van der Waals surface area contributed by atoms with E-state index in [0.717, 1.165) is 34.7 Å². The summed E-state index contributed by atoms with van der Waals surface area (Å²) in [6.07, 6.45) is 1.90. The molecule has 8 nitrogen and oxygen atoms in total. The van der Waals surface area contributed by atoms with Crippen molar-refractivity contribution in [2.24, 2.45) is 0 Å². The molecule has 1 aliphatic rings. The number of para-hydroxylation sites is 1. The Bertz CT molecular complexity index is 1270. The number of hydrogen-bond acceptors (Lipinski definition) is 6. The van der Waals surface area contributed by atoms with E-state index >= 15 is 0 Å². The normalized spacial score (nSPS) is 15.6. The van der Waals surface area contributed by atoms with Gasteiger partial charge in [-0.25, -0.2) is 18.9 Å². The van der Waals surface area contributed by atoms with Crippen molar-refractivity contribution >= 4 is 38.8 Å². The van der Waals surface area contributed by atoms with E-state index in [9.17, 15) is 9.00 Å². The molecule has 2 unspecified atom stereocenters. The summed E-state index contributed by atoms with van der Waals surface area (Å²) < 4.78 is 16.2. The van der Waals surface area contributed by atoms with Crippen molar-refractivity contribution < 1.29 is 9.00 Å². The van der Waals surface area contributed by atoms with E-state index in [2.05, 4.69) is 31.2 Å². The Morgan fingerprint density at radius 1 is 1.18 bits per heavy atom. The van der Waals surface area contributed by atoms with Crippen LogP contribution >= 0.6 is 0 Å². The van der Waals surface area contributed by atoms with E-state index in [-0.39, 0.29) is 18.4 Å². The molecule has 3 aromatic rings. The van der Waals surface area contributed by atoms with Crippen LogP contribution in [0.3, 0.4) is 0 Å². The number of carbonyl (C=O) groups excluding carboxylic acids is 1. The number of aromatic nitrogens is 2. The van der Waals surface area contributed by atoms with Crippen molar-refractivity contribution in [1.29, 1.82) is 0 Å². The molecule has 9 heteroatoms. The average Bonchev–Trinajstić information content (AvgIpc) is 2.88. The molecule has 0 saturated heterocycles. The van der Waals surface area contributed by atoms with Gasteiger partial charge in [-0.3, -0.25) is 4.79 Å². The topological polar surface area (TPSA) is 99.2 Å². The maximum absolute atomic E-state index is 13.1. The summed E-state index contributed by atoms with van der Waals surface area (Å²) in [5.41, 5.74) is 3.84. The summed E-state index contributed by atoms with van der Waals surface area (Å²) in [4.78, 5) is 23.9. The molecule has 0 bridgehead atoms. The third-order valence-corrected chi connectivity index (χ3v) is 7.01. The second-order valence-corrected chi connectivity index (χ2v) is 10.5. The average molecular weight is 465 g/mol. The van der Waals surface area contributed by atoms with E-state index in [1.54, 1.807) is 18.3 Å². The number of hydrogen-bond donors (Lipinski definition) is 3. The molecule has 0 spiro atoms. The minimum atomic E-state index is -2.62. The van der Waals surface area contributed by atoms with Crippen LogP contribution in [0, 0.1) is 0 Å². The monoisotopic (exact) mass is 464 g/mol. The predicted molar refractivity (Wildman–Crippen MR) is 134 cm³/mol. The van der Waals surface area contributed by atoms with Crippen LogP contribution in [0.25, 0.3) is 11.3 Å². The first-order chi connectivity index (χ1) is 15.7. The summed E-state index contributed by atoms with van der Waals surface area (Å²) in [5, 5.41) is 6.11. The van der Waals surface area contributed by atoms with Crippen LogP contribution in [0.1, 0.15) is 12.5 Å². The maximum atomic E-state index is 13.1. The zero-order valence-electron chi connectivity index (χ0n) is 19.0. The molecule has 3 N–H and O–H groups in total. The number of nitrogens with zero attached hydrogens (tertiary/aromatic N) is 3. The van der Waals surface area contributed by atoms with Gasteiger partial charge in [-0.05, 0) is 57.2 Å². The van der Waals surface area contributed by atoms with Crippen molar-refractivity contribution in [3.63, 3.8) is 0 Å². The number of fused-ring (bicyclic) bond motifs is 3. The van der Waals surface area contributed by atoms with E-state index < -0.39 is 9.71 Å². The number of anilines is 3. The molecule has 0 aliphatic carbocycles. The second-order valence-electron chi connectivity index (χ2n) is 8.44. The molecule has 1 aromatic heterocycles. The van der Waals surface area contributed by atoms with E-state index in [0.29, 0.717) is 10.8 Å². The summed E-state index contributed by atoms with van der Waals surface area (Å²) in [6.45, 7) is 2.74. The first-order valence-electron chi connectivity index (χ1n) is 10.6. The number of nitrogens with one attached hydrogen (secondary N) is 3. The fourth-order valence-corrected chi connectivity index (χ4v) is 5.30. The molecule has 2 aromatic carbocycles. The molecule has 0 radical (unpaired) electrons. The molecule has 0 saturated carbocycles. The Morgan fingerprint density at radius 2 is 1.91 bits per heavy atom. The third-order valence-electron chi connectivity index (χ3n) is 5.19. The fraction of sp³-hybridized carbons (Fsp3) is 0.250. The zero-order valence-corrected chi connectivity index (χ0v) is 19.8. The van der Waals surface area contributed by atoms with Gasteiger partial charge in [-0.1, -0.05) is 18.2 Å².